The van der Waals surface area contributed by atoms with Gasteiger partial charge in [0.25, 0.3) is 0 Å². The van der Waals surface area contributed by atoms with Crippen molar-refractivity contribution in [3.05, 3.63) is 82.4 Å². The monoisotopic (exact) mass is 396 g/mol. The average molecular weight is 397 g/mol. The van der Waals surface area contributed by atoms with Gasteiger partial charge >= 0.3 is 0 Å². The third-order valence-electron chi connectivity index (χ3n) is 5.22. The normalized spacial score (nSPS) is 19.4. The lowest BCUT2D eigenvalue weighted by Crippen LogP contribution is -2.25. The Bertz CT molecular complexity index is 999. The molecule has 0 unspecified atom stereocenters. The van der Waals surface area contributed by atoms with E-state index in [0.29, 0.717) is 0 Å². The highest BCUT2D eigenvalue weighted by molar-refractivity contribution is 7.80. The zero-order valence-corrected chi connectivity index (χ0v) is 17.1. The number of nitrogens with one attached hydrogen (secondary N) is 1. The van der Waals surface area contributed by atoms with Crippen molar-refractivity contribution in [1.82, 2.24) is 19.8 Å². The van der Waals surface area contributed by atoms with Crippen LogP contribution in [0.5, 0.6) is 0 Å². The number of rotatable bonds is 3. The van der Waals surface area contributed by atoms with Gasteiger partial charge in [-0.2, -0.15) is 0 Å². The minimum absolute atomic E-state index is 0.00361. The Morgan fingerprint density at radius 2 is 1.85 bits per heavy atom. The molecule has 6 heteroatoms. The van der Waals surface area contributed by atoms with Gasteiger partial charge in [0, 0.05) is 24.6 Å². The van der Waals surface area contributed by atoms with E-state index in [1.165, 1.54) is 5.56 Å². The van der Waals surface area contributed by atoms with E-state index in [0.717, 1.165) is 32.9 Å². The lowest BCUT2D eigenvalue weighted by molar-refractivity contribution is 0.367. The molecule has 1 aromatic carbocycles. The van der Waals surface area contributed by atoms with E-state index in [1.54, 1.807) is 0 Å². The number of aryl methyl sites for hydroxylation is 1. The number of nitrogens with zero attached hydrogens (tertiary/aromatic N) is 3. The predicted octanol–water partition coefficient (Wildman–Crippen LogP) is 4.74. The van der Waals surface area contributed by atoms with Crippen LogP contribution in [0.2, 0.25) is 5.02 Å². The van der Waals surface area contributed by atoms with Crippen LogP contribution in [0.25, 0.3) is 5.69 Å². The average Bonchev–Trinajstić information content (AvgIpc) is 3.12. The van der Waals surface area contributed by atoms with Gasteiger partial charge in [-0.1, -0.05) is 29.8 Å². The van der Waals surface area contributed by atoms with Gasteiger partial charge in [-0.05, 0) is 62.0 Å². The van der Waals surface area contributed by atoms with Gasteiger partial charge in [0.2, 0.25) is 0 Å². The quantitative estimate of drug-likeness (QED) is 0.648. The standard InChI is InChI=1S/C21H21ClN4S/c1-13-12-15(14(2)26(13)18-10-5-4-8-16(18)22)20-19(24-21(27)25(20)3)17-9-6-7-11-23-17/h4-12,19-20H,1-3H3,(H,24,27)/t19-,20+/m1/s1. The number of halogens is 1. The van der Waals surface area contributed by atoms with E-state index in [1.807, 2.05) is 55.7 Å². The second-order valence-corrected chi connectivity index (χ2v) is 7.64. The van der Waals surface area contributed by atoms with Gasteiger partial charge in [-0.25, -0.2) is 0 Å². The van der Waals surface area contributed by atoms with Crippen LogP contribution >= 0.6 is 23.8 Å². The van der Waals surface area contributed by atoms with E-state index in [-0.39, 0.29) is 12.1 Å². The molecular weight excluding hydrogens is 376 g/mol. The fourth-order valence-electron chi connectivity index (χ4n) is 3.94. The Labute approximate surface area is 169 Å². The van der Waals surface area contributed by atoms with E-state index in [4.69, 9.17) is 23.8 Å². The minimum Gasteiger partial charge on any atom is -0.352 e. The van der Waals surface area contributed by atoms with Gasteiger partial charge in [-0.15, -0.1) is 0 Å². The van der Waals surface area contributed by atoms with Gasteiger partial charge in [0.15, 0.2) is 5.11 Å². The number of para-hydroxylation sites is 1. The number of pyridine rings is 1. The van der Waals surface area contributed by atoms with Gasteiger partial charge in [0.05, 0.1) is 28.5 Å². The number of likely N-dealkylation sites (N-methyl/N-ethyl adjacent to an activating group) is 1. The smallest absolute Gasteiger partial charge is 0.169 e. The molecule has 1 fully saturated rings. The Morgan fingerprint density at radius 1 is 1.11 bits per heavy atom. The van der Waals surface area contributed by atoms with E-state index in [9.17, 15) is 0 Å². The summed E-state index contributed by atoms with van der Waals surface area (Å²) in [5.41, 5.74) is 5.49. The van der Waals surface area contributed by atoms with Crippen LogP contribution in [0.1, 0.15) is 34.7 Å². The highest BCUT2D eigenvalue weighted by atomic mass is 35.5. The highest BCUT2D eigenvalue weighted by Crippen LogP contribution is 2.40. The first-order valence-electron chi connectivity index (χ1n) is 8.87. The van der Waals surface area contributed by atoms with Crippen LogP contribution in [0.15, 0.2) is 54.7 Å². The van der Waals surface area contributed by atoms with Crippen molar-refractivity contribution in [2.45, 2.75) is 25.9 Å². The van der Waals surface area contributed by atoms with E-state index in [2.05, 4.69) is 39.7 Å². The minimum atomic E-state index is 0.00361. The number of hydrogen-bond acceptors (Lipinski definition) is 2. The van der Waals surface area contributed by atoms with Crippen LogP contribution in [0.3, 0.4) is 0 Å². The van der Waals surface area contributed by atoms with Crippen LogP contribution in [-0.4, -0.2) is 26.6 Å². The SMILES string of the molecule is Cc1cc([C@H]2[C@@H](c3ccccn3)NC(=S)N2C)c(C)n1-c1ccccc1Cl. The molecule has 0 saturated carbocycles. The molecule has 3 aromatic rings. The van der Waals surface area contributed by atoms with Gasteiger partial charge in [-0.3, -0.25) is 4.98 Å². The molecular formula is C21H21ClN4S. The fourth-order valence-corrected chi connectivity index (χ4v) is 4.40. The molecule has 3 heterocycles. The molecule has 4 nitrogen and oxygen atoms in total. The molecule has 4 rings (SSSR count). The number of benzene rings is 1. The first-order chi connectivity index (χ1) is 13.0. The third kappa shape index (κ3) is 3.01. The predicted molar refractivity (Wildman–Crippen MR) is 113 cm³/mol. The number of aromatic nitrogens is 2. The Hall–Kier alpha value is -2.37. The molecule has 27 heavy (non-hydrogen) atoms. The zero-order chi connectivity index (χ0) is 19.1. The zero-order valence-electron chi connectivity index (χ0n) is 15.5. The van der Waals surface area contributed by atoms with Crippen LogP contribution < -0.4 is 5.32 Å². The van der Waals surface area contributed by atoms with Crippen molar-refractivity contribution < 1.29 is 0 Å². The van der Waals surface area contributed by atoms with Crippen molar-refractivity contribution in [2.24, 2.45) is 0 Å². The molecule has 1 N–H and O–H groups in total. The molecule has 0 aliphatic carbocycles. The second kappa shape index (κ2) is 6.98. The van der Waals surface area contributed by atoms with Crippen molar-refractivity contribution in [2.75, 3.05) is 7.05 Å². The molecule has 0 bridgehead atoms. The molecule has 1 saturated heterocycles. The molecule has 1 aliphatic heterocycles. The molecule has 0 radical (unpaired) electrons. The summed E-state index contributed by atoms with van der Waals surface area (Å²) < 4.78 is 2.21. The maximum absolute atomic E-state index is 6.47. The number of thiocarbonyl (C=S) groups is 1. The van der Waals surface area contributed by atoms with E-state index >= 15 is 0 Å². The summed E-state index contributed by atoms with van der Waals surface area (Å²) in [5.74, 6) is 0. The van der Waals surface area contributed by atoms with E-state index < -0.39 is 0 Å². The second-order valence-electron chi connectivity index (χ2n) is 6.85. The Kier molecular flexibility index (Phi) is 4.66. The molecule has 138 valence electrons. The molecule has 2 aromatic heterocycles. The maximum atomic E-state index is 6.47. The maximum Gasteiger partial charge on any atom is 0.169 e. The lowest BCUT2D eigenvalue weighted by Gasteiger charge is -2.24. The van der Waals surface area contributed by atoms with Gasteiger partial charge < -0.3 is 14.8 Å². The summed E-state index contributed by atoms with van der Waals surface area (Å²) in [4.78, 5) is 6.68. The summed E-state index contributed by atoms with van der Waals surface area (Å²) in [7, 11) is 2.03. The number of hydrogen-bond donors (Lipinski definition) is 1. The molecule has 0 amide bonds. The van der Waals surface area contributed by atoms with Gasteiger partial charge in [0.1, 0.15) is 0 Å². The summed E-state index contributed by atoms with van der Waals surface area (Å²) in [6.07, 6.45) is 1.82. The van der Waals surface area contributed by atoms with Crippen molar-refractivity contribution in [1.29, 1.82) is 0 Å². The molecule has 0 spiro atoms. The van der Waals surface area contributed by atoms with Crippen LogP contribution in [-0.2, 0) is 0 Å². The van der Waals surface area contributed by atoms with Crippen LogP contribution in [0, 0.1) is 13.8 Å². The molecule has 2 atom stereocenters. The Morgan fingerprint density at radius 3 is 2.56 bits per heavy atom. The summed E-state index contributed by atoms with van der Waals surface area (Å²) in [5, 5.41) is 4.91. The summed E-state index contributed by atoms with van der Waals surface area (Å²) in [6, 6.07) is 16.2. The summed E-state index contributed by atoms with van der Waals surface area (Å²) in [6.45, 7) is 4.24. The van der Waals surface area contributed by atoms with Crippen molar-refractivity contribution in [3.63, 3.8) is 0 Å². The Balaban J connectivity index is 1.84. The highest BCUT2D eigenvalue weighted by Gasteiger charge is 2.39. The fraction of sp³-hybridized carbons (Fsp3) is 0.238. The summed E-state index contributed by atoms with van der Waals surface area (Å²) >= 11 is 12.0. The topological polar surface area (TPSA) is 33.1 Å². The van der Waals surface area contributed by atoms with Crippen LogP contribution in [0.4, 0.5) is 0 Å². The molecule has 1 aliphatic rings. The third-order valence-corrected chi connectivity index (χ3v) is 5.95. The van der Waals surface area contributed by atoms with Crippen molar-refractivity contribution >= 4 is 28.9 Å². The lowest BCUT2D eigenvalue weighted by atomic mass is 9.97. The first kappa shape index (κ1) is 18.0. The first-order valence-corrected chi connectivity index (χ1v) is 9.65. The van der Waals surface area contributed by atoms with Crippen molar-refractivity contribution in [3.8, 4) is 5.69 Å². The largest absolute Gasteiger partial charge is 0.352 e.